The molecule has 0 saturated heterocycles. The summed E-state index contributed by atoms with van der Waals surface area (Å²) in [4.78, 5) is 11.5. The molecule has 17 heavy (non-hydrogen) atoms. The number of allylic oxidation sites excluding steroid dienone is 1. The molecular weight excluding hydrogens is 212 g/mol. The Bertz CT molecular complexity index is 405. The summed E-state index contributed by atoms with van der Waals surface area (Å²) in [6, 6.07) is 7.71. The van der Waals surface area contributed by atoms with Crippen LogP contribution in [0.3, 0.4) is 0 Å². The lowest BCUT2D eigenvalue weighted by Gasteiger charge is -2.02. The summed E-state index contributed by atoms with van der Waals surface area (Å²) >= 11 is 0. The number of hydrogen-bond acceptors (Lipinski definition) is 2. The predicted molar refractivity (Wildman–Crippen MR) is 72.8 cm³/mol. The van der Waals surface area contributed by atoms with Crippen LogP contribution in [0.4, 0.5) is 5.69 Å². The quantitative estimate of drug-likeness (QED) is 0.763. The fourth-order valence-electron chi connectivity index (χ4n) is 1.34. The number of benzene rings is 1. The molecule has 0 saturated carbocycles. The van der Waals surface area contributed by atoms with Crippen molar-refractivity contribution >= 4 is 17.7 Å². The number of rotatable bonds is 5. The summed E-state index contributed by atoms with van der Waals surface area (Å²) in [7, 11) is 1.84. The maximum atomic E-state index is 11.5. The normalized spacial score (nSPS) is 11.2. The van der Waals surface area contributed by atoms with Crippen molar-refractivity contribution < 1.29 is 4.79 Å². The maximum Gasteiger partial charge on any atom is 0.248 e. The van der Waals surface area contributed by atoms with E-state index in [0.29, 0.717) is 6.54 Å². The molecular formula is C14H18N2O. The Morgan fingerprint density at radius 1 is 1.29 bits per heavy atom. The number of amides is 1. The van der Waals surface area contributed by atoms with Crippen LogP contribution in [-0.4, -0.2) is 19.5 Å². The molecule has 2 N–H and O–H groups in total. The first-order valence-electron chi connectivity index (χ1n) is 5.61. The standard InChI is InChI=1S/C14H18N2O/c1-3-5-12-7-9-13(10-8-12)16-14(17)6-4-11-15-2/h3-10,15H,11H2,1-2H3,(H,16,17). The van der Waals surface area contributed by atoms with Crippen molar-refractivity contribution in [3.63, 3.8) is 0 Å². The van der Waals surface area contributed by atoms with Crippen LogP contribution in [-0.2, 0) is 4.79 Å². The van der Waals surface area contributed by atoms with E-state index in [9.17, 15) is 4.79 Å². The van der Waals surface area contributed by atoms with E-state index >= 15 is 0 Å². The highest BCUT2D eigenvalue weighted by atomic mass is 16.1. The highest BCUT2D eigenvalue weighted by molar-refractivity contribution is 5.99. The summed E-state index contributed by atoms with van der Waals surface area (Å²) < 4.78 is 0. The summed E-state index contributed by atoms with van der Waals surface area (Å²) in [6.07, 6.45) is 7.30. The topological polar surface area (TPSA) is 41.1 Å². The molecule has 0 aliphatic rings. The van der Waals surface area contributed by atoms with Gasteiger partial charge in [-0.15, -0.1) is 0 Å². The Balaban J connectivity index is 2.54. The van der Waals surface area contributed by atoms with Crippen molar-refractivity contribution in [2.75, 3.05) is 18.9 Å². The van der Waals surface area contributed by atoms with Crippen LogP contribution in [0, 0.1) is 0 Å². The molecule has 1 amide bonds. The highest BCUT2D eigenvalue weighted by Gasteiger charge is 1.96. The zero-order chi connectivity index (χ0) is 12.5. The lowest BCUT2D eigenvalue weighted by Crippen LogP contribution is -2.10. The highest BCUT2D eigenvalue weighted by Crippen LogP contribution is 2.10. The Hall–Kier alpha value is -1.87. The summed E-state index contributed by atoms with van der Waals surface area (Å²) in [5.41, 5.74) is 1.92. The first-order chi connectivity index (χ1) is 8.26. The van der Waals surface area contributed by atoms with E-state index in [1.165, 1.54) is 6.08 Å². The Kier molecular flexibility index (Phi) is 5.75. The van der Waals surface area contributed by atoms with Crippen LogP contribution >= 0.6 is 0 Å². The molecule has 0 fully saturated rings. The van der Waals surface area contributed by atoms with Crippen molar-refractivity contribution in [2.45, 2.75) is 6.92 Å². The van der Waals surface area contributed by atoms with Gasteiger partial charge in [-0.05, 0) is 31.7 Å². The minimum Gasteiger partial charge on any atom is -0.323 e. The van der Waals surface area contributed by atoms with Gasteiger partial charge in [0, 0.05) is 18.3 Å². The Morgan fingerprint density at radius 2 is 2.00 bits per heavy atom. The van der Waals surface area contributed by atoms with E-state index < -0.39 is 0 Å². The molecule has 0 aliphatic carbocycles. The van der Waals surface area contributed by atoms with Crippen LogP contribution in [0.1, 0.15) is 12.5 Å². The molecule has 0 aromatic heterocycles. The zero-order valence-corrected chi connectivity index (χ0v) is 10.2. The third kappa shape index (κ3) is 5.13. The summed E-state index contributed by atoms with van der Waals surface area (Å²) in [6.45, 7) is 2.66. The number of nitrogens with one attached hydrogen (secondary N) is 2. The second-order valence-corrected chi connectivity index (χ2v) is 3.57. The van der Waals surface area contributed by atoms with Gasteiger partial charge in [0.05, 0.1) is 0 Å². The first kappa shape index (κ1) is 13.2. The van der Waals surface area contributed by atoms with E-state index in [1.807, 2.05) is 50.4 Å². The average molecular weight is 230 g/mol. The van der Waals surface area contributed by atoms with Gasteiger partial charge in [-0.2, -0.15) is 0 Å². The first-order valence-corrected chi connectivity index (χ1v) is 5.61. The Morgan fingerprint density at radius 3 is 2.59 bits per heavy atom. The van der Waals surface area contributed by atoms with Crippen LogP contribution in [0.5, 0.6) is 0 Å². The van der Waals surface area contributed by atoms with Crippen molar-refractivity contribution in [3.8, 4) is 0 Å². The van der Waals surface area contributed by atoms with Gasteiger partial charge in [-0.25, -0.2) is 0 Å². The molecule has 0 atom stereocenters. The van der Waals surface area contributed by atoms with Gasteiger partial charge < -0.3 is 10.6 Å². The maximum absolute atomic E-state index is 11.5. The second kappa shape index (κ2) is 7.41. The van der Waals surface area contributed by atoms with Gasteiger partial charge in [0.1, 0.15) is 0 Å². The molecule has 0 radical (unpaired) electrons. The van der Waals surface area contributed by atoms with Crippen LogP contribution < -0.4 is 10.6 Å². The van der Waals surface area contributed by atoms with E-state index in [2.05, 4.69) is 10.6 Å². The monoisotopic (exact) mass is 230 g/mol. The van der Waals surface area contributed by atoms with Crippen molar-refractivity contribution in [3.05, 3.63) is 48.1 Å². The Labute approximate surface area is 102 Å². The molecule has 0 spiro atoms. The van der Waals surface area contributed by atoms with E-state index in [0.717, 1.165) is 11.3 Å². The molecule has 3 nitrogen and oxygen atoms in total. The molecule has 0 heterocycles. The molecule has 1 aromatic carbocycles. The van der Waals surface area contributed by atoms with Crippen molar-refractivity contribution in [2.24, 2.45) is 0 Å². The molecule has 1 rings (SSSR count). The number of carbonyl (C=O) groups is 1. The predicted octanol–water partition coefficient (Wildman–Crippen LogP) is 2.43. The number of carbonyl (C=O) groups excluding carboxylic acids is 1. The fraction of sp³-hybridized carbons (Fsp3) is 0.214. The molecule has 0 aliphatic heterocycles. The van der Waals surface area contributed by atoms with E-state index in [-0.39, 0.29) is 5.91 Å². The average Bonchev–Trinajstić information content (AvgIpc) is 2.32. The van der Waals surface area contributed by atoms with E-state index in [4.69, 9.17) is 0 Å². The van der Waals surface area contributed by atoms with Crippen molar-refractivity contribution in [1.29, 1.82) is 0 Å². The van der Waals surface area contributed by atoms with Gasteiger partial charge >= 0.3 is 0 Å². The van der Waals surface area contributed by atoms with Crippen molar-refractivity contribution in [1.82, 2.24) is 5.32 Å². The van der Waals surface area contributed by atoms with Crippen LogP contribution in [0.25, 0.3) is 6.08 Å². The second-order valence-electron chi connectivity index (χ2n) is 3.57. The minimum absolute atomic E-state index is 0.112. The SMILES string of the molecule is CC=Cc1ccc(NC(=O)C=CCNC)cc1. The molecule has 1 aromatic rings. The number of hydrogen-bond donors (Lipinski definition) is 2. The summed E-state index contributed by atoms with van der Waals surface area (Å²) in [5.74, 6) is -0.112. The molecule has 3 heteroatoms. The smallest absolute Gasteiger partial charge is 0.248 e. The van der Waals surface area contributed by atoms with Gasteiger partial charge in [-0.3, -0.25) is 4.79 Å². The van der Waals surface area contributed by atoms with Gasteiger partial charge in [-0.1, -0.05) is 30.4 Å². The van der Waals surface area contributed by atoms with Crippen LogP contribution in [0.2, 0.25) is 0 Å². The third-order valence-corrected chi connectivity index (χ3v) is 2.13. The molecule has 0 unspecified atom stereocenters. The minimum atomic E-state index is -0.112. The fourth-order valence-corrected chi connectivity index (χ4v) is 1.34. The van der Waals surface area contributed by atoms with Gasteiger partial charge in [0.2, 0.25) is 5.91 Å². The number of anilines is 1. The third-order valence-electron chi connectivity index (χ3n) is 2.13. The molecule has 0 bridgehead atoms. The van der Waals surface area contributed by atoms with Gasteiger partial charge in [0.15, 0.2) is 0 Å². The largest absolute Gasteiger partial charge is 0.323 e. The van der Waals surface area contributed by atoms with E-state index in [1.54, 1.807) is 6.08 Å². The lowest BCUT2D eigenvalue weighted by molar-refractivity contribution is -0.111. The number of likely N-dealkylation sites (N-methyl/N-ethyl adjacent to an activating group) is 1. The van der Waals surface area contributed by atoms with Crippen LogP contribution in [0.15, 0.2) is 42.5 Å². The molecule has 90 valence electrons. The van der Waals surface area contributed by atoms with Gasteiger partial charge in [0.25, 0.3) is 0 Å². The zero-order valence-electron chi connectivity index (χ0n) is 10.2. The lowest BCUT2D eigenvalue weighted by atomic mass is 10.2. The summed E-state index contributed by atoms with van der Waals surface area (Å²) in [5, 5.41) is 5.73.